The monoisotopic (exact) mass is 329 g/mol. The van der Waals surface area contributed by atoms with Gasteiger partial charge in [-0.2, -0.15) is 13.2 Å². The molecule has 1 aliphatic rings. The molecule has 1 aromatic rings. The maximum atomic E-state index is 12.3. The van der Waals surface area contributed by atoms with E-state index in [-0.39, 0.29) is 0 Å². The number of anilines is 1. The van der Waals surface area contributed by atoms with Crippen LogP contribution in [0.1, 0.15) is 6.92 Å². The van der Waals surface area contributed by atoms with Gasteiger partial charge in [0, 0.05) is 5.69 Å². The summed E-state index contributed by atoms with van der Waals surface area (Å²) < 4.78 is 36.2. The van der Waals surface area contributed by atoms with Gasteiger partial charge in [-0.25, -0.2) is 4.79 Å². The molecule has 1 atom stereocenters. The van der Waals surface area contributed by atoms with Gasteiger partial charge in [-0.15, -0.1) is 0 Å². The summed E-state index contributed by atoms with van der Waals surface area (Å²) in [5.74, 6) is -1.69. The highest BCUT2D eigenvalue weighted by Gasteiger charge is 2.44. The van der Waals surface area contributed by atoms with Gasteiger partial charge in [0.25, 0.3) is 5.91 Å². The van der Waals surface area contributed by atoms with Crippen molar-refractivity contribution in [3.8, 4) is 0 Å². The third-order valence-corrected chi connectivity index (χ3v) is 3.27. The lowest BCUT2D eigenvalue weighted by molar-refractivity contribution is -0.140. The van der Waals surface area contributed by atoms with Gasteiger partial charge in [-0.05, 0) is 19.1 Å². The van der Waals surface area contributed by atoms with Gasteiger partial charge < -0.3 is 5.32 Å². The number of para-hydroxylation sites is 1. The number of carbonyl (C=O) groups is 3. The van der Waals surface area contributed by atoms with Crippen molar-refractivity contribution in [3.05, 3.63) is 30.3 Å². The van der Waals surface area contributed by atoms with Gasteiger partial charge in [-0.3, -0.25) is 19.4 Å². The molecule has 1 aliphatic heterocycles. The Kier molecular flexibility index (Phi) is 4.57. The van der Waals surface area contributed by atoms with Crippen LogP contribution in [0.15, 0.2) is 30.3 Å². The van der Waals surface area contributed by atoms with Crippen molar-refractivity contribution in [1.29, 1.82) is 0 Å². The fourth-order valence-corrected chi connectivity index (χ4v) is 2.19. The van der Waals surface area contributed by atoms with Crippen LogP contribution >= 0.6 is 0 Å². The molecule has 1 N–H and O–H groups in total. The summed E-state index contributed by atoms with van der Waals surface area (Å²) in [4.78, 5) is 37.7. The molecule has 6 nitrogen and oxygen atoms in total. The smallest absolute Gasteiger partial charge is 0.345 e. The predicted octanol–water partition coefficient (Wildman–Crippen LogP) is 1.52. The van der Waals surface area contributed by atoms with Crippen LogP contribution in [0.5, 0.6) is 0 Å². The van der Waals surface area contributed by atoms with E-state index in [1.165, 1.54) is 11.8 Å². The number of imide groups is 1. The third kappa shape index (κ3) is 3.79. The van der Waals surface area contributed by atoms with Crippen molar-refractivity contribution in [2.45, 2.75) is 19.1 Å². The Balaban J connectivity index is 2.08. The number of rotatable bonds is 4. The third-order valence-electron chi connectivity index (χ3n) is 3.27. The minimum atomic E-state index is -4.56. The second kappa shape index (κ2) is 6.27. The number of benzene rings is 1. The first-order chi connectivity index (χ1) is 10.7. The van der Waals surface area contributed by atoms with Gasteiger partial charge in [0.1, 0.15) is 19.1 Å². The number of nitrogens with zero attached hydrogens (tertiary/aromatic N) is 2. The van der Waals surface area contributed by atoms with E-state index in [4.69, 9.17) is 0 Å². The molecule has 1 heterocycles. The van der Waals surface area contributed by atoms with Crippen molar-refractivity contribution in [3.63, 3.8) is 0 Å². The quantitative estimate of drug-likeness (QED) is 0.852. The van der Waals surface area contributed by atoms with Crippen molar-refractivity contribution in [1.82, 2.24) is 10.2 Å². The molecule has 1 saturated heterocycles. The van der Waals surface area contributed by atoms with Gasteiger partial charge in [0.2, 0.25) is 5.91 Å². The van der Waals surface area contributed by atoms with Gasteiger partial charge in [0.15, 0.2) is 0 Å². The molecule has 1 aromatic carbocycles. The number of alkyl halides is 3. The molecule has 4 amide bonds. The Bertz CT molecular complexity index is 619. The number of nitrogens with one attached hydrogen (secondary N) is 1. The van der Waals surface area contributed by atoms with E-state index in [0.29, 0.717) is 10.6 Å². The van der Waals surface area contributed by atoms with E-state index in [1.807, 2.05) is 0 Å². The molecule has 0 aromatic heterocycles. The first kappa shape index (κ1) is 16.8. The summed E-state index contributed by atoms with van der Waals surface area (Å²) in [6.45, 7) is -0.776. The van der Waals surface area contributed by atoms with E-state index in [2.05, 4.69) is 0 Å². The van der Waals surface area contributed by atoms with E-state index < -0.39 is 43.2 Å². The summed E-state index contributed by atoms with van der Waals surface area (Å²) in [6, 6.07) is 6.76. The molecule has 23 heavy (non-hydrogen) atoms. The highest BCUT2D eigenvalue weighted by Crippen LogP contribution is 2.25. The Morgan fingerprint density at radius 3 is 2.39 bits per heavy atom. The molecule has 1 unspecified atom stereocenters. The topological polar surface area (TPSA) is 69.7 Å². The molecule has 124 valence electrons. The van der Waals surface area contributed by atoms with Crippen molar-refractivity contribution in [2.75, 3.05) is 18.0 Å². The zero-order valence-electron chi connectivity index (χ0n) is 12.1. The number of amides is 4. The van der Waals surface area contributed by atoms with E-state index in [1.54, 1.807) is 35.6 Å². The van der Waals surface area contributed by atoms with Crippen LogP contribution in [0.4, 0.5) is 23.7 Å². The van der Waals surface area contributed by atoms with Crippen molar-refractivity contribution >= 4 is 23.5 Å². The van der Waals surface area contributed by atoms with Crippen LogP contribution in [0.3, 0.4) is 0 Å². The highest BCUT2D eigenvalue weighted by atomic mass is 19.4. The minimum absolute atomic E-state index is 0.469. The zero-order chi connectivity index (χ0) is 17.2. The first-order valence-corrected chi connectivity index (χ1v) is 6.74. The van der Waals surface area contributed by atoms with Crippen molar-refractivity contribution < 1.29 is 27.6 Å². The summed E-state index contributed by atoms with van der Waals surface area (Å²) in [5, 5.41) is 1.63. The summed E-state index contributed by atoms with van der Waals surface area (Å²) >= 11 is 0. The van der Waals surface area contributed by atoms with Crippen LogP contribution in [0, 0.1) is 0 Å². The lowest BCUT2D eigenvalue weighted by atomic mass is 10.2. The molecule has 0 saturated carbocycles. The Morgan fingerprint density at radius 2 is 1.83 bits per heavy atom. The number of carbonyl (C=O) groups excluding carboxylic acids is 3. The largest absolute Gasteiger partial charge is 0.405 e. The fraction of sp³-hybridized carbons (Fsp3) is 0.357. The summed E-state index contributed by atoms with van der Waals surface area (Å²) in [5.41, 5.74) is 0.469. The second-order valence-corrected chi connectivity index (χ2v) is 4.98. The number of urea groups is 1. The SMILES string of the molecule is CC1C(=O)N(CC(=O)NCC(F)(F)F)C(=O)N1c1ccccc1. The molecular weight excluding hydrogens is 315 g/mol. The standard InChI is InChI=1S/C14H14F3N3O3/c1-9-12(22)19(7-11(21)18-8-14(15,16)17)13(23)20(9)10-5-3-2-4-6-10/h2-6,9H,7-8H2,1H3,(H,18,21). The van der Waals surface area contributed by atoms with Crippen LogP contribution in [0.2, 0.25) is 0 Å². The summed E-state index contributed by atoms with van der Waals surface area (Å²) in [7, 11) is 0. The van der Waals surface area contributed by atoms with Crippen LogP contribution in [-0.2, 0) is 9.59 Å². The average molecular weight is 329 g/mol. The molecule has 2 rings (SSSR count). The normalized spacial score (nSPS) is 18.5. The summed E-state index contributed by atoms with van der Waals surface area (Å²) in [6.07, 6.45) is -4.56. The van der Waals surface area contributed by atoms with Crippen molar-refractivity contribution in [2.24, 2.45) is 0 Å². The average Bonchev–Trinajstić information content (AvgIpc) is 2.69. The minimum Gasteiger partial charge on any atom is -0.345 e. The fourth-order valence-electron chi connectivity index (χ4n) is 2.19. The van der Waals surface area contributed by atoms with Gasteiger partial charge in [-0.1, -0.05) is 18.2 Å². The van der Waals surface area contributed by atoms with E-state index >= 15 is 0 Å². The Labute approximate surface area is 129 Å². The lowest BCUT2D eigenvalue weighted by Gasteiger charge is -2.19. The second-order valence-electron chi connectivity index (χ2n) is 4.98. The zero-order valence-corrected chi connectivity index (χ0v) is 12.1. The number of hydrogen-bond acceptors (Lipinski definition) is 3. The Morgan fingerprint density at radius 1 is 1.22 bits per heavy atom. The van der Waals surface area contributed by atoms with E-state index in [9.17, 15) is 27.6 Å². The molecule has 1 fully saturated rings. The van der Waals surface area contributed by atoms with Gasteiger partial charge >= 0.3 is 12.2 Å². The molecule has 0 bridgehead atoms. The van der Waals surface area contributed by atoms with Crippen LogP contribution in [-0.4, -0.2) is 48.1 Å². The number of hydrogen-bond donors (Lipinski definition) is 1. The molecule has 0 spiro atoms. The molecule has 9 heteroatoms. The van der Waals surface area contributed by atoms with E-state index in [0.717, 1.165) is 0 Å². The molecule has 0 radical (unpaired) electrons. The number of halogens is 3. The predicted molar refractivity (Wildman–Crippen MR) is 74.6 cm³/mol. The van der Waals surface area contributed by atoms with Crippen LogP contribution < -0.4 is 10.2 Å². The molecule has 0 aliphatic carbocycles. The van der Waals surface area contributed by atoms with Crippen LogP contribution in [0.25, 0.3) is 0 Å². The highest BCUT2D eigenvalue weighted by molar-refractivity contribution is 6.15. The lowest BCUT2D eigenvalue weighted by Crippen LogP contribution is -2.43. The maximum absolute atomic E-state index is 12.3. The molecular formula is C14H14F3N3O3. The van der Waals surface area contributed by atoms with Gasteiger partial charge in [0.05, 0.1) is 0 Å². The maximum Gasteiger partial charge on any atom is 0.405 e. The first-order valence-electron chi connectivity index (χ1n) is 6.74. The Hall–Kier alpha value is -2.58.